The zero-order valence-electron chi connectivity index (χ0n) is 8.27. The van der Waals surface area contributed by atoms with Crippen LogP contribution in [0, 0.1) is 0 Å². The van der Waals surface area contributed by atoms with Crippen molar-refractivity contribution < 1.29 is 13.5 Å². The summed E-state index contributed by atoms with van der Waals surface area (Å²) < 4.78 is 28.2. The van der Waals surface area contributed by atoms with Gasteiger partial charge in [0.2, 0.25) is 0 Å². The van der Waals surface area contributed by atoms with Crippen LogP contribution in [-0.4, -0.2) is 24.6 Å². The summed E-state index contributed by atoms with van der Waals surface area (Å²) in [4.78, 5) is 3.92. The number of rotatable bonds is 6. The van der Waals surface area contributed by atoms with Crippen molar-refractivity contribution in [3.05, 3.63) is 30.1 Å². The number of aromatic nitrogens is 1. The molecular formula is C10H14F2N2O. The van der Waals surface area contributed by atoms with Crippen molar-refractivity contribution in [2.45, 2.75) is 18.9 Å². The number of alkyl halides is 2. The van der Waals surface area contributed by atoms with Crippen molar-refractivity contribution in [3.63, 3.8) is 0 Å². The van der Waals surface area contributed by atoms with Crippen LogP contribution in [0.15, 0.2) is 24.5 Å². The second-order valence-corrected chi connectivity index (χ2v) is 3.15. The SMILES string of the molecule is NC(CCOCC(F)F)c1cccnc1. The molecule has 0 aliphatic heterocycles. The summed E-state index contributed by atoms with van der Waals surface area (Å²) in [5, 5.41) is 0. The Morgan fingerprint density at radius 2 is 2.27 bits per heavy atom. The third kappa shape index (κ3) is 4.80. The van der Waals surface area contributed by atoms with Gasteiger partial charge in [-0.2, -0.15) is 0 Å². The van der Waals surface area contributed by atoms with Crippen molar-refractivity contribution in [1.82, 2.24) is 4.98 Å². The molecule has 0 aromatic carbocycles. The highest BCUT2D eigenvalue weighted by Crippen LogP contribution is 2.11. The van der Waals surface area contributed by atoms with Gasteiger partial charge in [-0.3, -0.25) is 4.98 Å². The summed E-state index contributed by atoms with van der Waals surface area (Å²) in [6.07, 6.45) is 1.42. The maximum atomic E-state index is 11.7. The molecule has 0 fully saturated rings. The average molecular weight is 216 g/mol. The van der Waals surface area contributed by atoms with Crippen molar-refractivity contribution in [2.75, 3.05) is 13.2 Å². The normalized spacial score (nSPS) is 13.1. The minimum absolute atomic E-state index is 0.212. The molecule has 0 bridgehead atoms. The smallest absolute Gasteiger partial charge is 0.261 e. The molecule has 2 N–H and O–H groups in total. The predicted molar refractivity (Wildman–Crippen MR) is 52.6 cm³/mol. The van der Waals surface area contributed by atoms with Crippen LogP contribution in [0.4, 0.5) is 8.78 Å². The van der Waals surface area contributed by atoms with Gasteiger partial charge in [0.1, 0.15) is 6.61 Å². The summed E-state index contributed by atoms with van der Waals surface area (Å²) in [7, 11) is 0. The van der Waals surface area contributed by atoms with Crippen LogP contribution in [0.3, 0.4) is 0 Å². The minimum atomic E-state index is -2.42. The Hall–Kier alpha value is -1.07. The molecule has 0 saturated carbocycles. The summed E-state index contributed by atoms with van der Waals surface area (Å²) >= 11 is 0. The Morgan fingerprint density at radius 1 is 1.47 bits per heavy atom. The molecular weight excluding hydrogens is 202 g/mol. The first-order chi connectivity index (χ1) is 7.20. The monoisotopic (exact) mass is 216 g/mol. The quantitative estimate of drug-likeness (QED) is 0.737. The average Bonchev–Trinajstić information content (AvgIpc) is 2.25. The summed E-state index contributed by atoms with van der Waals surface area (Å²) in [5.41, 5.74) is 6.69. The van der Waals surface area contributed by atoms with E-state index >= 15 is 0 Å². The molecule has 84 valence electrons. The van der Waals surface area contributed by atoms with Gasteiger partial charge in [-0.1, -0.05) is 6.07 Å². The highest BCUT2D eigenvalue weighted by Gasteiger charge is 2.07. The van der Waals surface area contributed by atoms with Gasteiger partial charge in [-0.05, 0) is 18.1 Å². The van der Waals surface area contributed by atoms with Gasteiger partial charge in [0.25, 0.3) is 6.43 Å². The molecule has 1 aromatic rings. The molecule has 0 aliphatic rings. The summed E-state index contributed by atoms with van der Waals surface area (Å²) in [6, 6.07) is 3.43. The predicted octanol–water partition coefficient (Wildman–Crippen LogP) is 1.75. The van der Waals surface area contributed by atoms with Gasteiger partial charge in [-0.15, -0.1) is 0 Å². The van der Waals surface area contributed by atoms with Crippen molar-refractivity contribution >= 4 is 0 Å². The van der Waals surface area contributed by atoms with E-state index in [1.807, 2.05) is 6.07 Å². The fourth-order valence-corrected chi connectivity index (χ4v) is 1.14. The van der Waals surface area contributed by atoms with E-state index in [4.69, 9.17) is 10.5 Å². The van der Waals surface area contributed by atoms with Crippen LogP contribution in [0.1, 0.15) is 18.0 Å². The molecule has 1 heterocycles. The molecule has 5 heteroatoms. The topological polar surface area (TPSA) is 48.1 Å². The molecule has 1 atom stereocenters. The first kappa shape index (κ1) is 12.0. The van der Waals surface area contributed by atoms with Gasteiger partial charge < -0.3 is 10.5 Å². The number of hydrogen-bond donors (Lipinski definition) is 1. The number of nitrogens with two attached hydrogens (primary N) is 1. The van der Waals surface area contributed by atoms with E-state index in [1.165, 1.54) is 0 Å². The Balaban J connectivity index is 2.22. The van der Waals surface area contributed by atoms with Gasteiger partial charge in [-0.25, -0.2) is 8.78 Å². The largest absolute Gasteiger partial charge is 0.375 e. The van der Waals surface area contributed by atoms with Gasteiger partial charge >= 0.3 is 0 Å². The van der Waals surface area contributed by atoms with Gasteiger partial charge in [0.15, 0.2) is 0 Å². The molecule has 0 spiro atoms. The van der Waals surface area contributed by atoms with Gasteiger partial charge in [0, 0.05) is 25.0 Å². The fraction of sp³-hybridized carbons (Fsp3) is 0.500. The highest BCUT2D eigenvalue weighted by atomic mass is 19.3. The van der Waals surface area contributed by atoms with Crippen LogP contribution in [0.25, 0.3) is 0 Å². The summed E-state index contributed by atoms with van der Waals surface area (Å²) in [6.45, 7) is -0.292. The zero-order chi connectivity index (χ0) is 11.1. The lowest BCUT2D eigenvalue weighted by molar-refractivity contribution is 0.0152. The van der Waals surface area contributed by atoms with Crippen molar-refractivity contribution in [1.29, 1.82) is 0 Å². The Labute approximate surface area is 87.3 Å². The fourth-order valence-electron chi connectivity index (χ4n) is 1.14. The lowest BCUT2D eigenvalue weighted by atomic mass is 10.1. The van der Waals surface area contributed by atoms with Crippen molar-refractivity contribution in [3.8, 4) is 0 Å². The third-order valence-electron chi connectivity index (χ3n) is 1.93. The maximum absolute atomic E-state index is 11.7. The van der Waals surface area contributed by atoms with E-state index < -0.39 is 13.0 Å². The maximum Gasteiger partial charge on any atom is 0.261 e. The third-order valence-corrected chi connectivity index (χ3v) is 1.93. The van der Waals surface area contributed by atoms with Crippen LogP contribution < -0.4 is 5.73 Å². The number of ether oxygens (including phenoxy) is 1. The zero-order valence-corrected chi connectivity index (χ0v) is 8.27. The lowest BCUT2D eigenvalue weighted by Crippen LogP contribution is -2.14. The van der Waals surface area contributed by atoms with Crippen molar-refractivity contribution in [2.24, 2.45) is 5.73 Å². The van der Waals surface area contributed by atoms with E-state index in [-0.39, 0.29) is 12.6 Å². The molecule has 1 rings (SSSR count). The minimum Gasteiger partial charge on any atom is -0.375 e. The Morgan fingerprint density at radius 3 is 2.87 bits per heavy atom. The standard InChI is InChI=1S/C10H14F2N2O/c11-10(12)7-15-5-3-9(13)8-2-1-4-14-6-8/h1-2,4,6,9-10H,3,5,7,13H2. The van der Waals surface area contributed by atoms with E-state index in [2.05, 4.69) is 4.98 Å². The lowest BCUT2D eigenvalue weighted by Gasteiger charge is -2.11. The van der Waals surface area contributed by atoms with E-state index in [9.17, 15) is 8.78 Å². The molecule has 0 amide bonds. The van der Waals surface area contributed by atoms with E-state index in [0.29, 0.717) is 6.42 Å². The molecule has 15 heavy (non-hydrogen) atoms. The highest BCUT2D eigenvalue weighted by molar-refractivity contribution is 5.12. The number of hydrogen-bond acceptors (Lipinski definition) is 3. The molecule has 3 nitrogen and oxygen atoms in total. The van der Waals surface area contributed by atoms with E-state index in [0.717, 1.165) is 5.56 Å². The molecule has 0 saturated heterocycles. The number of nitrogens with zero attached hydrogens (tertiary/aromatic N) is 1. The van der Waals surface area contributed by atoms with Crippen LogP contribution in [0.5, 0.6) is 0 Å². The van der Waals surface area contributed by atoms with Crippen LogP contribution >= 0.6 is 0 Å². The first-order valence-corrected chi connectivity index (χ1v) is 4.71. The molecule has 1 aromatic heterocycles. The second kappa shape index (κ2) is 6.42. The Bertz CT molecular complexity index is 269. The molecule has 1 unspecified atom stereocenters. The number of pyridine rings is 1. The number of halogens is 2. The van der Waals surface area contributed by atoms with Gasteiger partial charge in [0.05, 0.1) is 0 Å². The molecule has 0 radical (unpaired) electrons. The van der Waals surface area contributed by atoms with E-state index in [1.54, 1.807) is 18.5 Å². The second-order valence-electron chi connectivity index (χ2n) is 3.15. The first-order valence-electron chi connectivity index (χ1n) is 4.71. The van der Waals surface area contributed by atoms with Crippen LogP contribution in [-0.2, 0) is 4.74 Å². The molecule has 0 aliphatic carbocycles. The summed E-state index contributed by atoms with van der Waals surface area (Å²) in [5.74, 6) is 0. The van der Waals surface area contributed by atoms with Crippen LogP contribution in [0.2, 0.25) is 0 Å². The Kier molecular flexibility index (Phi) is 5.14.